The van der Waals surface area contributed by atoms with Gasteiger partial charge in [0.15, 0.2) is 0 Å². The molecule has 1 aliphatic rings. The van der Waals surface area contributed by atoms with E-state index in [1.54, 1.807) is 0 Å². The van der Waals surface area contributed by atoms with Crippen molar-refractivity contribution in [2.24, 2.45) is 5.41 Å². The largest absolute Gasteiger partial charge is 0.325 e. The molecule has 0 saturated carbocycles. The molecule has 2 nitrogen and oxygen atoms in total. The molecule has 1 N–H and O–H groups in total. The van der Waals surface area contributed by atoms with Crippen LogP contribution >= 0.6 is 0 Å². The second-order valence-electron chi connectivity index (χ2n) is 5.39. The lowest BCUT2D eigenvalue weighted by Gasteiger charge is -2.21. The molecule has 1 amide bonds. The first-order valence-electron chi connectivity index (χ1n) is 5.37. The number of para-hydroxylation sites is 1. The number of hydrogen-bond acceptors (Lipinski definition) is 1. The van der Waals surface area contributed by atoms with Crippen LogP contribution in [0.3, 0.4) is 0 Å². The molecule has 0 bridgehead atoms. The fraction of sp³-hybridized carbons (Fsp3) is 0.462. The van der Waals surface area contributed by atoms with Crippen molar-refractivity contribution in [2.75, 3.05) is 5.32 Å². The van der Waals surface area contributed by atoms with Crippen molar-refractivity contribution in [3.05, 3.63) is 29.8 Å². The first-order valence-corrected chi connectivity index (χ1v) is 5.37. The zero-order valence-electron chi connectivity index (χ0n) is 9.50. The van der Waals surface area contributed by atoms with Crippen molar-refractivity contribution in [2.45, 2.75) is 33.1 Å². The molecule has 2 rings (SSSR count). The molecule has 80 valence electrons. The lowest BCUT2D eigenvalue weighted by Crippen LogP contribution is -2.18. The van der Waals surface area contributed by atoms with Gasteiger partial charge in [-0.2, -0.15) is 0 Å². The van der Waals surface area contributed by atoms with E-state index in [9.17, 15) is 4.79 Å². The number of carbonyl (C=O) groups excluding carboxylic acids is 1. The molecule has 1 aliphatic heterocycles. The summed E-state index contributed by atoms with van der Waals surface area (Å²) in [6.45, 7) is 6.50. The molecule has 15 heavy (non-hydrogen) atoms. The van der Waals surface area contributed by atoms with Crippen LogP contribution < -0.4 is 5.32 Å². The molecule has 0 aliphatic carbocycles. The minimum Gasteiger partial charge on any atom is -0.325 e. The van der Waals surface area contributed by atoms with Gasteiger partial charge in [0.2, 0.25) is 5.91 Å². The van der Waals surface area contributed by atoms with Crippen LogP contribution in [0.1, 0.15) is 38.7 Å². The summed E-state index contributed by atoms with van der Waals surface area (Å²) in [7, 11) is 0. The highest BCUT2D eigenvalue weighted by molar-refractivity contribution is 6.02. The molecular formula is C13H17NO. The van der Waals surface area contributed by atoms with Gasteiger partial charge in [-0.05, 0) is 23.5 Å². The molecule has 0 radical (unpaired) electrons. The lowest BCUT2D eigenvalue weighted by atomic mass is 9.82. The van der Waals surface area contributed by atoms with Crippen molar-refractivity contribution < 1.29 is 4.79 Å². The maximum atomic E-state index is 11.8. The van der Waals surface area contributed by atoms with Crippen LogP contribution in [0, 0.1) is 5.41 Å². The molecule has 1 heterocycles. The van der Waals surface area contributed by atoms with Crippen molar-refractivity contribution in [1.82, 2.24) is 0 Å². The van der Waals surface area contributed by atoms with Gasteiger partial charge in [0.1, 0.15) is 0 Å². The first-order chi connectivity index (χ1) is 6.97. The second kappa shape index (κ2) is 3.37. The lowest BCUT2D eigenvalue weighted by molar-refractivity contribution is -0.117. The van der Waals surface area contributed by atoms with E-state index in [1.165, 1.54) is 0 Å². The van der Waals surface area contributed by atoms with Crippen LogP contribution in [-0.4, -0.2) is 5.91 Å². The van der Waals surface area contributed by atoms with Crippen LogP contribution in [0.2, 0.25) is 0 Å². The number of anilines is 1. The highest BCUT2D eigenvalue weighted by Crippen LogP contribution is 2.39. The summed E-state index contributed by atoms with van der Waals surface area (Å²) < 4.78 is 0. The number of carbonyl (C=O) groups is 1. The highest BCUT2D eigenvalue weighted by Gasteiger charge is 2.33. The summed E-state index contributed by atoms with van der Waals surface area (Å²) >= 11 is 0. The van der Waals surface area contributed by atoms with Crippen LogP contribution in [-0.2, 0) is 4.79 Å². The minimum atomic E-state index is 0.0289. The Kier molecular flexibility index (Phi) is 2.29. The fourth-order valence-corrected chi connectivity index (χ4v) is 2.09. The molecule has 1 aromatic rings. The highest BCUT2D eigenvalue weighted by atomic mass is 16.2. The summed E-state index contributed by atoms with van der Waals surface area (Å²) in [6, 6.07) is 7.97. The number of amides is 1. The van der Waals surface area contributed by atoms with E-state index in [4.69, 9.17) is 0 Å². The van der Waals surface area contributed by atoms with E-state index in [2.05, 4.69) is 26.1 Å². The second-order valence-corrected chi connectivity index (χ2v) is 5.39. The van der Waals surface area contributed by atoms with E-state index >= 15 is 0 Å². The fourth-order valence-electron chi connectivity index (χ4n) is 2.09. The molecule has 2 heteroatoms. The van der Waals surface area contributed by atoms with E-state index in [0.29, 0.717) is 0 Å². The first kappa shape index (κ1) is 10.2. The summed E-state index contributed by atoms with van der Waals surface area (Å²) in [4.78, 5) is 11.8. The average molecular weight is 203 g/mol. The number of hydrogen-bond donors (Lipinski definition) is 1. The molecule has 0 aromatic heterocycles. The molecule has 1 aromatic carbocycles. The van der Waals surface area contributed by atoms with E-state index in [-0.39, 0.29) is 17.2 Å². The third-order valence-corrected chi connectivity index (χ3v) is 2.73. The average Bonchev–Trinajstić information content (AvgIpc) is 2.41. The minimum absolute atomic E-state index is 0.0289. The molecular weight excluding hydrogens is 186 g/mol. The van der Waals surface area contributed by atoms with Gasteiger partial charge in [-0.25, -0.2) is 0 Å². The Morgan fingerprint density at radius 1 is 1.27 bits per heavy atom. The van der Waals surface area contributed by atoms with Crippen LogP contribution in [0.4, 0.5) is 5.69 Å². The van der Waals surface area contributed by atoms with Gasteiger partial charge in [-0.15, -0.1) is 0 Å². The third-order valence-electron chi connectivity index (χ3n) is 2.73. The van der Waals surface area contributed by atoms with Crippen molar-refractivity contribution in [1.29, 1.82) is 0 Å². The van der Waals surface area contributed by atoms with Gasteiger partial charge in [-0.3, -0.25) is 4.79 Å². The van der Waals surface area contributed by atoms with Gasteiger partial charge in [0.25, 0.3) is 0 Å². The summed E-state index contributed by atoms with van der Waals surface area (Å²) in [5.41, 5.74) is 2.31. The van der Waals surface area contributed by atoms with Gasteiger partial charge in [-0.1, -0.05) is 39.0 Å². The molecule has 1 atom stereocenters. The van der Waals surface area contributed by atoms with Gasteiger partial charge >= 0.3 is 0 Å². The summed E-state index contributed by atoms with van der Waals surface area (Å²) in [5, 5.41) is 2.93. The Morgan fingerprint density at radius 3 is 2.60 bits per heavy atom. The van der Waals surface area contributed by atoms with Gasteiger partial charge in [0, 0.05) is 5.69 Å². The quantitative estimate of drug-likeness (QED) is 0.746. The number of benzene rings is 1. The van der Waals surface area contributed by atoms with Crippen molar-refractivity contribution in [3.63, 3.8) is 0 Å². The van der Waals surface area contributed by atoms with Crippen molar-refractivity contribution in [3.8, 4) is 0 Å². The number of fused-ring (bicyclic) bond motifs is 1. The third kappa shape index (κ3) is 2.04. The predicted molar refractivity (Wildman–Crippen MR) is 61.9 cm³/mol. The SMILES string of the molecule is CC(C)(C)CC1C(=O)Nc2ccccc21. The molecule has 0 saturated heterocycles. The Hall–Kier alpha value is -1.31. The van der Waals surface area contributed by atoms with Gasteiger partial charge in [0.05, 0.1) is 5.92 Å². The smallest absolute Gasteiger partial charge is 0.232 e. The topological polar surface area (TPSA) is 29.1 Å². The normalized spacial score (nSPS) is 19.9. The Balaban J connectivity index is 2.30. The van der Waals surface area contributed by atoms with E-state index in [1.807, 2.05) is 24.3 Å². The zero-order valence-corrected chi connectivity index (χ0v) is 9.50. The Bertz CT molecular complexity index is 390. The van der Waals surface area contributed by atoms with Crippen LogP contribution in [0.25, 0.3) is 0 Å². The van der Waals surface area contributed by atoms with Crippen LogP contribution in [0.5, 0.6) is 0 Å². The summed E-state index contributed by atoms with van der Waals surface area (Å²) in [5.74, 6) is 0.173. The maximum absolute atomic E-state index is 11.8. The summed E-state index contributed by atoms with van der Waals surface area (Å²) in [6.07, 6.45) is 0.899. The van der Waals surface area contributed by atoms with E-state index in [0.717, 1.165) is 17.7 Å². The maximum Gasteiger partial charge on any atom is 0.232 e. The monoisotopic (exact) mass is 203 g/mol. The molecule has 1 unspecified atom stereocenters. The zero-order chi connectivity index (χ0) is 11.1. The number of rotatable bonds is 1. The van der Waals surface area contributed by atoms with Gasteiger partial charge < -0.3 is 5.32 Å². The molecule has 0 fully saturated rings. The Labute approximate surface area is 90.7 Å². The number of nitrogens with one attached hydrogen (secondary N) is 1. The van der Waals surface area contributed by atoms with Crippen molar-refractivity contribution >= 4 is 11.6 Å². The predicted octanol–water partition coefficient (Wildman–Crippen LogP) is 3.16. The standard InChI is InChI=1S/C13H17NO/c1-13(2,3)8-10-9-6-4-5-7-11(9)14-12(10)15/h4-7,10H,8H2,1-3H3,(H,14,15). The van der Waals surface area contributed by atoms with Crippen LogP contribution in [0.15, 0.2) is 24.3 Å². The molecule has 0 spiro atoms. The van der Waals surface area contributed by atoms with E-state index < -0.39 is 0 Å². The Morgan fingerprint density at radius 2 is 1.93 bits per heavy atom.